The van der Waals surface area contributed by atoms with Crippen LogP contribution in [0.1, 0.15) is 48.9 Å². The third kappa shape index (κ3) is 5.80. The van der Waals surface area contributed by atoms with Crippen LogP contribution in [0.4, 0.5) is 14.9 Å². The highest BCUT2D eigenvalue weighted by molar-refractivity contribution is 5.73. The highest BCUT2D eigenvalue weighted by Gasteiger charge is 2.33. The van der Waals surface area contributed by atoms with Crippen molar-refractivity contribution in [2.24, 2.45) is 0 Å². The summed E-state index contributed by atoms with van der Waals surface area (Å²) >= 11 is 0. The number of hydrogen-bond acceptors (Lipinski definition) is 5. The molecule has 0 saturated carbocycles. The van der Waals surface area contributed by atoms with Crippen LogP contribution in [0.3, 0.4) is 0 Å². The third-order valence-corrected chi connectivity index (χ3v) is 6.34. The van der Waals surface area contributed by atoms with Crippen LogP contribution in [0.2, 0.25) is 0 Å². The van der Waals surface area contributed by atoms with Gasteiger partial charge in [0, 0.05) is 13.1 Å². The number of aliphatic hydroxyl groups is 1. The Morgan fingerprint density at radius 3 is 2.63 bits per heavy atom. The first kappa shape index (κ1) is 24.7. The summed E-state index contributed by atoms with van der Waals surface area (Å²) in [6.45, 7) is 9.18. The van der Waals surface area contributed by atoms with Crippen LogP contribution in [-0.4, -0.2) is 65.2 Å². The number of amides is 1. The zero-order valence-electron chi connectivity index (χ0n) is 20.5. The number of hydrogen-bond donors (Lipinski definition) is 1. The molecule has 184 valence electrons. The van der Waals surface area contributed by atoms with Gasteiger partial charge in [-0.2, -0.15) is 5.26 Å². The molecule has 4 rings (SSSR count). The van der Waals surface area contributed by atoms with Gasteiger partial charge in [-0.25, -0.2) is 13.8 Å². The number of fused-ring (bicyclic) bond motifs is 1. The summed E-state index contributed by atoms with van der Waals surface area (Å²) in [7, 11) is 0. The largest absolute Gasteiger partial charge is 0.444 e. The van der Waals surface area contributed by atoms with Crippen LogP contribution in [0.25, 0.3) is 0 Å². The summed E-state index contributed by atoms with van der Waals surface area (Å²) in [5, 5.41) is 18.6. The fourth-order valence-electron chi connectivity index (χ4n) is 4.65. The number of anilines is 1. The molecule has 0 aromatic heterocycles. The van der Waals surface area contributed by atoms with Gasteiger partial charge in [-0.3, -0.25) is 0 Å². The molecule has 1 amide bonds. The van der Waals surface area contributed by atoms with Crippen molar-refractivity contribution in [1.29, 1.82) is 5.26 Å². The van der Waals surface area contributed by atoms with E-state index in [4.69, 9.17) is 10.00 Å². The lowest BCUT2D eigenvalue weighted by Crippen LogP contribution is -2.45. The topological polar surface area (TPSA) is 79.8 Å². The maximum absolute atomic E-state index is 14.5. The molecule has 2 aliphatic rings. The predicted molar refractivity (Wildman–Crippen MR) is 131 cm³/mol. The molecule has 7 nitrogen and oxygen atoms in total. The second kappa shape index (κ2) is 10.0. The summed E-state index contributed by atoms with van der Waals surface area (Å²) in [4.78, 5) is 16.6. The van der Waals surface area contributed by atoms with E-state index in [1.165, 1.54) is 6.07 Å². The fourth-order valence-corrected chi connectivity index (χ4v) is 4.65. The lowest BCUT2D eigenvalue weighted by molar-refractivity contribution is -0.526. The Kier molecular flexibility index (Phi) is 7.08. The number of carbonyl (C=O) groups is 1. The standard InChI is InChI=1S/C27H32FN4O3/c1-27(2,3)35-26(34)32-16-21-12-20(18-33)4-6-23(21)22(17-32)15-30-8-10-31(11-9-30)25-7-5-19(14-29)13-24(25)28/h4-7,12-13,15,22,33H,8-11,16-18H2,1-3H3/q+1. The molecule has 0 radical (unpaired) electrons. The average Bonchev–Trinajstić information content (AvgIpc) is 2.83. The van der Waals surface area contributed by atoms with Crippen LogP contribution in [0.15, 0.2) is 36.4 Å². The summed E-state index contributed by atoms with van der Waals surface area (Å²) < 4.78 is 22.3. The summed E-state index contributed by atoms with van der Waals surface area (Å²) in [6.07, 6.45) is 1.82. The number of carbonyl (C=O) groups excluding carboxylic acids is 1. The molecule has 0 aliphatic carbocycles. The molecule has 35 heavy (non-hydrogen) atoms. The van der Waals surface area contributed by atoms with Crippen molar-refractivity contribution in [2.75, 3.05) is 37.6 Å². The Hall–Kier alpha value is -3.44. The Labute approximate surface area is 205 Å². The average molecular weight is 480 g/mol. The first-order valence-corrected chi connectivity index (χ1v) is 11.9. The molecular formula is C27H32FN4O3+. The quantitative estimate of drug-likeness (QED) is 0.680. The van der Waals surface area contributed by atoms with Crippen LogP contribution >= 0.6 is 0 Å². The number of benzene rings is 2. The van der Waals surface area contributed by atoms with E-state index in [0.29, 0.717) is 50.5 Å². The molecule has 2 heterocycles. The van der Waals surface area contributed by atoms with Crippen molar-refractivity contribution in [3.05, 3.63) is 64.5 Å². The second-order valence-electron chi connectivity index (χ2n) is 10.1. The van der Waals surface area contributed by atoms with Crippen molar-refractivity contribution in [2.45, 2.75) is 45.4 Å². The van der Waals surface area contributed by atoms with E-state index in [0.717, 1.165) is 16.7 Å². The van der Waals surface area contributed by atoms with Crippen LogP contribution in [0.5, 0.6) is 0 Å². The summed E-state index contributed by atoms with van der Waals surface area (Å²) in [5.41, 5.74) is 3.20. The van der Waals surface area contributed by atoms with Gasteiger partial charge in [-0.05, 0) is 55.7 Å². The molecule has 0 bridgehead atoms. The minimum absolute atomic E-state index is 0.0165. The molecule has 2 aromatic rings. The number of aliphatic hydroxyl groups excluding tert-OH is 1. The van der Waals surface area contributed by atoms with Crippen LogP contribution in [-0.2, 0) is 17.9 Å². The van der Waals surface area contributed by atoms with E-state index in [2.05, 4.69) is 10.8 Å². The van der Waals surface area contributed by atoms with Gasteiger partial charge in [0.05, 0.1) is 42.9 Å². The number of nitriles is 1. The molecule has 0 spiro atoms. The number of ether oxygens (including phenoxy) is 1. The van der Waals surface area contributed by atoms with Gasteiger partial charge in [0.1, 0.15) is 17.6 Å². The molecule has 1 saturated heterocycles. The molecular weight excluding hydrogens is 447 g/mol. The van der Waals surface area contributed by atoms with Gasteiger partial charge in [-0.1, -0.05) is 18.2 Å². The number of piperazine rings is 1. The van der Waals surface area contributed by atoms with E-state index in [1.807, 2.05) is 49.9 Å². The first-order valence-electron chi connectivity index (χ1n) is 11.9. The normalized spacial score (nSPS) is 18.1. The molecule has 1 fully saturated rings. The number of nitrogens with zero attached hydrogens (tertiary/aromatic N) is 4. The van der Waals surface area contributed by atoms with Crippen LogP contribution in [0, 0.1) is 17.1 Å². The highest BCUT2D eigenvalue weighted by atomic mass is 19.1. The number of halogens is 1. The van der Waals surface area contributed by atoms with Crippen molar-refractivity contribution in [1.82, 2.24) is 4.90 Å². The highest BCUT2D eigenvalue weighted by Crippen LogP contribution is 2.30. The summed E-state index contributed by atoms with van der Waals surface area (Å²) in [5.74, 6) is -0.396. The molecule has 2 aromatic carbocycles. The Morgan fingerprint density at radius 2 is 2.00 bits per heavy atom. The lowest BCUT2D eigenvalue weighted by atomic mass is 9.89. The fraction of sp³-hybridized carbons (Fsp3) is 0.444. The second-order valence-corrected chi connectivity index (χ2v) is 10.1. The SMILES string of the molecule is CC(C)(C)OC(=O)N1Cc2cc(CO)ccc2C(C=[N+]2CCN(c3ccc(C#N)cc3F)CC2)C1. The van der Waals surface area contributed by atoms with E-state index in [-0.39, 0.29) is 24.4 Å². The van der Waals surface area contributed by atoms with Crippen molar-refractivity contribution >= 4 is 18.0 Å². The molecule has 1 N–H and O–H groups in total. The van der Waals surface area contributed by atoms with Crippen molar-refractivity contribution < 1.29 is 23.6 Å². The Balaban J connectivity index is 1.53. The Morgan fingerprint density at radius 1 is 1.26 bits per heavy atom. The smallest absolute Gasteiger partial charge is 0.410 e. The maximum atomic E-state index is 14.5. The zero-order valence-corrected chi connectivity index (χ0v) is 20.5. The first-order chi connectivity index (χ1) is 16.7. The number of rotatable bonds is 3. The minimum atomic E-state index is -0.583. The van der Waals surface area contributed by atoms with E-state index < -0.39 is 5.60 Å². The lowest BCUT2D eigenvalue weighted by Gasteiger charge is -2.34. The van der Waals surface area contributed by atoms with Gasteiger partial charge < -0.3 is 19.6 Å². The Bertz CT molecular complexity index is 1170. The van der Waals surface area contributed by atoms with Crippen LogP contribution < -0.4 is 4.90 Å². The van der Waals surface area contributed by atoms with Gasteiger partial charge >= 0.3 is 6.09 Å². The zero-order chi connectivity index (χ0) is 25.2. The molecule has 8 heteroatoms. The van der Waals surface area contributed by atoms with E-state index in [1.54, 1.807) is 17.0 Å². The summed E-state index contributed by atoms with van der Waals surface area (Å²) in [6, 6.07) is 12.5. The van der Waals surface area contributed by atoms with Gasteiger partial charge in [0.15, 0.2) is 13.1 Å². The van der Waals surface area contributed by atoms with Gasteiger partial charge in [0.25, 0.3) is 0 Å². The van der Waals surface area contributed by atoms with Gasteiger partial charge in [0.2, 0.25) is 0 Å². The molecule has 1 unspecified atom stereocenters. The van der Waals surface area contributed by atoms with Gasteiger partial charge in [-0.15, -0.1) is 0 Å². The third-order valence-electron chi connectivity index (χ3n) is 6.34. The molecule has 1 atom stereocenters. The predicted octanol–water partition coefficient (Wildman–Crippen LogP) is 3.63. The van der Waals surface area contributed by atoms with Crippen molar-refractivity contribution in [3.8, 4) is 6.07 Å². The maximum Gasteiger partial charge on any atom is 0.410 e. The monoisotopic (exact) mass is 479 g/mol. The van der Waals surface area contributed by atoms with E-state index in [9.17, 15) is 14.3 Å². The molecule has 2 aliphatic heterocycles. The minimum Gasteiger partial charge on any atom is -0.444 e. The van der Waals surface area contributed by atoms with Crippen molar-refractivity contribution in [3.63, 3.8) is 0 Å². The van der Waals surface area contributed by atoms with E-state index >= 15 is 0 Å².